The highest BCUT2D eigenvalue weighted by Crippen LogP contribution is 2.15. The number of aryl methyl sites for hydroxylation is 1. The first kappa shape index (κ1) is 19.8. The lowest BCUT2D eigenvalue weighted by Gasteiger charge is -2.04. The van der Waals surface area contributed by atoms with E-state index in [0.717, 1.165) is 18.4 Å². The molecule has 1 N–H and O–H groups in total. The van der Waals surface area contributed by atoms with Gasteiger partial charge in [-0.3, -0.25) is 0 Å². The molecule has 0 aliphatic heterocycles. The van der Waals surface area contributed by atoms with E-state index in [-0.39, 0.29) is 5.97 Å². The van der Waals surface area contributed by atoms with Gasteiger partial charge in [-0.15, -0.1) is 0 Å². The van der Waals surface area contributed by atoms with E-state index in [9.17, 15) is 4.79 Å². The standard InChI is InChI=1S/C20H35NO2/c1-3-4-5-6-7-8-9-10-11-12-13-14-15-18-16-17-21-19(18)20(22)23-2/h16-17,21H,3-15H2,1-2H3. The molecule has 1 heterocycles. The zero-order valence-electron chi connectivity index (χ0n) is 15.2. The molecule has 23 heavy (non-hydrogen) atoms. The van der Waals surface area contributed by atoms with Crippen molar-refractivity contribution in [1.82, 2.24) is 4.98 Å². The molecule has 0 aromatic carbocycles. The zero-order chi connectivity index (χ0) is 16.8. The van der Waals surface area contributed by atoms with E-state index in [2.05, 4.69) is 11.9 Å². The van der Waals surface area contributed by atoms with Crippen molar-refractivity contribution in [3.8, 4) is 0 Å². The van der Waals surface area contributed by atoms with Gasteiger partial charge in [-0.1, -0.05) is 77.6 Å². The summed E-state index contributed by atoms with van der Waals surface area (Å²) in [5.74, 6) is -0.260. The van der Waals surface area contributed by atoms with Crippen molar-refractivity contribution in [3.05, 3.63) is 23.5 Å². The SMILES string of the molecule is CCCCCCCCCCCCCCc1cc[nH]c1C(=O)OC. The minimum absolute atomic E-state index is 0.260. The van der Waals surface area contributed by atoms with Crippen molar-refractivity contribution in [2.45, 2.75) is 90.4 Å². The van der Waals surface area contributed by atoms with E-state index >= 15 is 0 Å². The van der Waals surface area contributed by atoms with E-state index in [0.29, 0.717) is 5.69 Å². The van der Waals surface area contributed by atoms with Crippen LogP contribution in [-0.4, -0.2) is 18.1 Å². The number of esters is 1. The summed E-state index contributed by atoms with van der Waals surface area (Å²) >= 11 is 0. The van der Waals surface area contributed by atoms with Gasteiger partial charge in [-0.25, -0.2) is 4.79 Å². The third-order valence-electron chi connectivity index (χ3n) is 4.52. The molecule has 0 aliphatic rings. The Labute approximate surface area is 142 Å². The van der Waals surface area contributed by atoms with Crippen molar-refractivity contribution in [2.24, 2.45) is 0 Å². The molecule has 1 aromatic rings. The molecule has 0 saturated carbocycles. The summed E-state index contributed by atoms with van der Waals surface area (Å²) in [6.07, 6.45) is 19.1. The van der Waals surface area contributed by atoms with Crippen molar-refractivity contribution < 1.29 is 9.53 Å². The Morgan fingerprint density at radius 1 is 0.913 bits per heavy atom. The largest absolute Gasteiger partial charge is 0.464 e. The number of carbonyl (C=O) groups excluding carboxylic acids is 1. The maximum atomic E-state index is 11.6. The highest BCUT2D eigenvalue weighted by atomic mass is 16.5. The van der Waals surface area contributed by atoms with Gasteiger partial charge < -0.3 is 9.72 Å². The van der Waals surface area contributed by atoms with E-state index < -0.39 is 0 Å². The van der Waals surface area contributed by atoms with Gasteiger partial charge in [0.1, 0.15) is 5.69 Å². The molecule has 1 aromatic heterocycles. The van der Waals surface area contributed by atoms with Crippen molar-refractivity contribution in [2.75, 3.05) is 7.11 Å². The minimum atomic E-state index is -0.260. The van der Waals surface area contributed by atoms with E-state index in [1.165, 1.54) is 77.7 Å². The van der Waals surface area contributed by atoms with Crippen LogP contribution in [0.5, 0.6) is 0 Å². The van der Waals surface area contributed by atoms with Crippen LogP contribution >= 0.6 is 0 Å². The van der Waals surface area contributed by atoms with Crippen molar-refractivity contribution in [3.63, 3.8) is 0 Å². The molecule has 132 valence electrons. The Morgan fingerprint density at radius 3 is 1.96 bits per heavy atom. The second kappa shape index (κ2) is 13.2. The van der Waals surface area contributed by atoms with Crippen LogP contribution in [0, 0.1) is 0 Å². The summed E-state index contributed by atoms with van der Waals surface area (Å²) in [7, 11) is 1.43. The highest BCUT2D eigenvalue weighted by Gasteiger charge is 2.11. The average molecular weight is 322 g/mol. The van der Waals surface area contributed by atoms with Crippen LogP contribution in [0.25, 0.3) is 0 Å². The number of aromatic nitrogens is 1. The van der Waals surface area contributed by atoms with Gasteiger partial charge in [0.15, 0.2) is 0 Å². The Morgan fingerprint density at radius 2 is 1.43 bits per heavy atom. The Kier molecular flexibility index (Phi) is 11.4. The molecule has 0 fully saturated rings. The number of hydrogen-bond donors (Lipinski definition) is 1. The van der Waals surface area contributed by atoms with E-state index in [1.54, 1.807) is 0 Å². The minimum Gasteiger partial charge on any atom is -0.464 e. The van der Waals surface area contributed by atoms with Gasteiger partial charge >= 0.3 is 5.97 Å². The van der Waals surface area contributed by atoms with Gasteiger partial charge in [-0.2, -0.15) is 0 Å². The van der Waals surface area contributed by atoms with E-state index in [4.69, 9.17) is 4.74 Å². The number of carbonyl (C=O) groups is 1. The fourth-order valence-corrected chi connectivity index (χ4v) is 3.06. The molecule has 0 spiro atoms. The topological polar surface area (TPSA) is 42.1 Å². The first-order chi connectivity index (χ1) is 11.3. The fraction of sp³-hybridized carbons (Fsp3) is 0.750. The molecule has 0 unspecified atom stereocenters. The molecular weight excluding hydrogens is 286 g/mol. The fourth-order valence-electron chi connectivity index (χ4n) is 3.06. The molecule has 1 rings (SSSR count). The predicted molar refractivity (Wildman–Crippen MR) is 96.9 cm³/mol. The third-order valence-corrected chi connectivity index (χ3v) is 4.52. The smallest absolute Gasteiger partial charge is 0.354 e. The highest BCUT2D eigenvalue weighted by molar-refractivity contribution is 5.88. The number of ether oxygens (including phenoxy) is 1. The van der Waals surface area contributed by atoms with E-state index in [1.807, 2.05) is 12.3 Å². The summed E-state index contributed by atoms with van der Waals surface area (Å²) in [5, 5.41) is 0. The maximum absolute atomic E-state index is 11.6. The molecular formula is C20H35NO2. The molecule has 0 saturated heterocycles. The van der Waals surface area contributed by atoms with Crippen LogP contribution < -0.4 is 0 Å². The molecule has 0 radical (unpaired) electrons. The van der Waals surface area contributed by atoms with Crippen LogP contribution in [0.15, 0.2) is 12.3 Å². The van der Waals surface area contributed by atoms with Crippen LogP contribution in [0.3, 0.4) is 0 Å². The van der Waals surface area contributed by atoms with Crippen molar-refractivity contribution in [1.29, 1.82) is 0 Å². The van der Waals surface area contributed by atoms with Gasteiger partial charge in [0, 0.05) is 6.20 Å². The average Bonchev–Trinajstić information content (AvgIpc) is 3.03. The number of H-pyrrole nitrogens is 1. The number of hydrogen-bond acceptors (Lipinski definition) is 2. The molecule has 0 amide bonds. The van der Waals surface area contributed by atoms with Crippen LogP contribution in [0.2, 0.25) is 0 Å². The molecule has 0 bridgehead atoms. The summed E-state index contributed by atoms with van der Waals surface area (Å²) in [4.78, 5) is 14.5. The normalized spacial score (nSPS) is 10.9. The maximum Gasteiger partial charge on any atom is 0.354 e. The quantitative estimate of drug-likeness (QED) is 0.335. The number of aromatic amines is 1. The number of unbranched alkanes of at least 4 members (excludes halogenated alkanes) is 11. The predicted octanol–water partition coefficient (Wildman–Crippen LogP) is 6.04. The monoisotopic (exact) mass is 321 g/mol. The lowest BCUT2D eigenvalue weighted by atomic mass is 10.0. The number of methoxy groups -OCH3 is 1. The lowest BCUT2D eigenvalue weighted by molar-refractivity contribution is 0.0593. The van der Waals surface area contributed by atoms with Crippen LogP contribution in [-0.2, 0) is 11.2 Å². The summed E-state index contributed by atoms with van der Waals surface area (Å²) in [5.41, 5.74) is 1.71. The Balaban J connectivity index is 1.94. The Bertz CT molecular complexity index is 412. The number of rotatable bonds is 14. The van der Waals surface area contributed by atoms with Crippen LogP contribution in [0.4, 0.5) is 0 Å². The number of nitrogens with one attached hydrogen (secondary N) is 1. The molecule has 3 nitrogen and oxygen atoms in total. The molecule has 0 atom stereocenters. The second-order valence-electron chi connectivity index (χ2n) is 6.51. The van der Waals surface area contributed by atoms with Gasteiger partial charge in [-0.05, 0) is 24.5 Å². The first-order valence-corrected chi connectivity index (χ1v) is 9.54. The Hall–Kier alpha value is -1.25. The summed E-state index contributed by atoms with van der Waals surface area (Å²) in [6.45, 7) is 2.27. The summed E-state index contributed by atoms with van der Waals surface area (Å²) < 4.78 is 4.78. The third kappa shape index (κ3) is 8.83. The molecule has 3 heteroatoms. The van der Waals surface area contributed by atoms with Gasteiger partial charge in [0.25, 0.3) is 0 Å². The van der Waals surface area contributed by atoms with Crippen molar-refractivity contribution >= 4 is 5.97 Å². The van der Waals surface area contributed by atoms with Crippen LogP contribution in [0.1, 0.15) is 100 Å². The summed E-state index contributed by atoms with van der Waals surface area (Å²) in [6, 6.07) is 1.99. The first-order valence-electron chi connectivity index (χ1n) is 9.54. The zero-order valence-corrected chi connectivity index (χ0v) is 15.2. The lowest BCUT2D eigenvalue weighted by Crippen LogP contribution is -2.05. The van der Waals surface area contributed by atoms with Gasteiger partial charge in [0.2, 0.25) is 0 Å². The molecule has 0 aliphatic carbocycles. The second-order valence-corrected chi connectivity index (χ2v) is 6.51. The van der Waals surface area contributed by atoms with Gasteiger partial charge in [0.05, 0.1) is 7.11 Å².